The molecule has 0 saturated carbocycles. The lowest BCUT2D eigenvalue weighted by Crippen LogP contribution is -2.35. The Hall–Kier alpha value is -1.84. The van der Waals surface area contributed by atoms with Gasteiger partial charge in [0.1, 0.15) is 5.92 Å². The molecule has 0 fully saturated rings. The number of carbonyl (C=O) groups is 2. The van der Waals surface area contributed by atoms with Gasteiger partial charge in [0.2, 0.25) is 5.91 Å². The van der Waals surface area contributed by atoms with Crippen LogP contribution in [0, 0.1) is 26.7 Å². The molecule has 0 aromatic heterocycles. The number of amides is 1. The van der Waals surface area contributed by atoms with Crippen LogP contribution in [-0.4, -0.2) is 24.0 Å². The molecule has 0 aliphatic rings. The third-order valence-corrected chi connectivity index (χ3v) is 3.25. The molecule has 18 heavy (non-hydrogen) atoms. The maximum absolute atomic E-state index is 12.0. The molecule has 1 amide bonds. The Labute approximate surface area is 107 Å². The van der Waals surface area contributed by atoms with Gasteiger partial charge in [-0.3, -0.25) is 9.59 Å². The first-order chi connectivity index (χ1) is 8.25. The van der Waals surface area contributed by atoms with E-state index in [0.29, 0.717) is 0 Å². The molecule has 0 aliphatic carbocycles. The number of aliphatic carboxylic acids is 1. The highest BCUT2D eigenvalue weighted by molar-refractivity contribution is 6.05. The van der Waals surface area contributed by atoms with Crippen molar-refractivity contribution in [1.29, 1.82) is 0 Å². The Morgan fingerprint density at radius 2 is 1.61 bits per heavy atom. The molecule has 0 spiro atoms. The molecule has 0 radical (unpaired) electrons. The zero-order valence-corrected chi connectivity index (χ0v) is 11.4. The summed E-state index contributed by atoms with van der Waals surface area (Å²) in [6, 6.07) is 3.91. The van der Waals surface area contributed by atoms with Crippen LogP contribution in [0.5, 0.6) is 0 Å². The SMILES string of the molecule is Cc1cc(C)c(N(C)C(=O)C(C)C(=O)O)cc1C. The monoisotopic (exact) mass is 249 g/mol. The maximum Gasteiger partial charge on any atom is 0.315 e. The van der Waals surface area contributed by atoms with Crippen LogP contribution in [0.2, 0.25) is 0 Å². The molecule has 1 aromatic rings. The molecule has 1 aromatic carbocycles. The van der Waals surface area contributed by atoms with Crippen LogP contribution in [0.1, 0.15) is 23.6 Å². The summed E-state index contributed by atoms with van der Waals surface area (Å²) in [7, 11) is 1.61. The minimum Gasteiger partial charge on any atom is -0.481 e. The number of rotatable bonds is 3. The first-order valence-corrected chi connectivity index (χ1v) is 5.84. The fraction of sp³-hybridized carbons (Fsp3) is 0.429. The topological polar surface area (TPSA) is 57.6 Å². The zero-order valence-electron chi connectivity index (χ0n) is 11.4. The number of carboxylic acid groups (broad SMARTS) is 1. The lowest BCUT2D eigenvalue weighted by atomic mass is 10.0. The van der Waals surface area contributed by atoms with E-state index in [1.165, 1.54) is 11.8 Å². The van der Waals surface area contributed by atoms with Gasteiger partial charge in [-0.25, -0.2) is 0 Å². The van der Waals surface area contributed by atoms with Gasteiger partial charge in [-0.1, -0.05) is 6.07 Å². The van der Waals surface area contributed by atoms with E-state index in [1.54, 1.807) is 7.05 Å². The van der Waals surface area contributed by atoms with Gasteiger partial charge in [0.25, 0.3) is 0 Å². The van der Waals surface area contributed by atoms with Crippen LogP contribution in [-0.2, 0) is 9.59 Å². The van der Waals surface area contributed by atoms with Crippen molar-refractivity contribution in [2.75, 3.05) is 11.9 Å². The summed E-state index contributed by atoms with van der Waals surface area (Å²) in [5.74, 6) is -2.54. The van der Waals surface area contributed by atoms with Gasteiger partial charge >= 0.3 is 5.97 Å². The Kier molecular flexibility index (Phi) is 4.11. The van der Waals surface area contributed by atoms with Crippen LogP contribution in [0.3, 0.4) is 0 Å². The highest BCUT2D eigenvalue weighted by atomic mass is 16.4. The predicted octanol–water partition coefficient (Wildman–Crippen LogP) is 2.30. The lowest BCUT2D eigenvalue weighted by molar-refractivity contribution is -0.145. The smallest absolute Gasteiger partial charge is 0.315 e. The van der Waals surface area contributed by atoms with Crippen LogP contribution < -0.4 is 4.90 Å². The van der Waals surface area contributed by atoms with Crippen molar-refractivity contribution >= 4 is 17.6 Å². The first kappa shape index (κ1) is 14.2. The first-order valence-electron chi connectivity index (χ1n) is 5.84. The molecule has 0 aliphatic heterocycles. The van der Waals surface area contributed by atoms with E-state index in [-0.39, 0.29) is 0 Å². The molecule has 1 rings (SSSR count). The summed E-state index contributed by atoms with van der Waals surface area (Å²) in [5.41, 5.74) is 3.96. The molecule has 4 nitrogen and oxygen atoms in total. The Balaban J connectivity index is 3.11. The zero-order chi connectivity index (χ0) is 14.0. The summed E-state index contributed by atoms with van der Waals surface area (Å²) in [6.45, 7) is 7.29. The molecule has 0 heterocycles. The Bertz CT molecular complexity index is 494. The largest absolute Gasteiger partial charge is 0.481 e. The fourth-order valence-corrected chi connectivity index (χ4v) is 1.82. The van der Waals surface area contributed by atoms with E-state index < -0.39 is 17.8 Å². The van der Waals surface area contributed by atoms with E-state index in [2.05, 4.69) is 0 Å². The van der Waals surface area contributed by atoms with Crippen LogP contribution in [0.25, 0.3) is 0 Å². The summed E-state index contributed by atoms with van der Waals surface area (Å²) < 4.78 is 0. The minimum atomic E-state index is -1.10. The highest BCUT2D eigenvalue weighted by Gasteiger charge is 2.25. The number of aryl methyl sites for hydroxylation is 3. The Morgan fingerprint density at radius 3 is 2.11 bits per heavy atom. The summed E-state index contributed by atoms with van der Waals surface area (Å²) >= 11 is 0. The van der Waals surface area contributed by atoms with Crippen LogP contribution in [0.4, 0.5) is 5.69 Å². The fourth-order valence-electron chi connectivity index (χ4n) is 1.82. The van der Waals surface area contributed by atoms with E-state index in [0.717, 1.165) is 22.4 Å². The second kappa shape index (κ2) is 5.21. The standard InChI is InChI=1S/C14H19NO3/c1-8-6-10(3)12(7-9(8)2)15(5)13(16)11(4)14(17)18/h6-7,11H,1-5H3,(H,17,18). The molecule has 0 saturated heterocycles. The highest BCUT2D eigenvalue weighted by Crippen LogP contribution is 2.24. The molecule has 1 N–H and O–H groups in total. The quantitative estimate of drug-likeness (QED) is 0.836. The second-order valence-corrected chi connectivity index (χ2v) is 4.68. The predicted molar refractivity (Wildman–Crippen MR) is 70.9 cm³/mol. The third-order valence-electron chi connectivity index (χ3n) is 3.25. The third kappa shape index (κ3) is 2.70. The van der Waals surface area contributed by atoms with Crippen LogP contribution in [0.15, 0.2) is 12.1 Å². The van der Waals surface area contributed by atoms with Crippen molar-refractivity contribution in [3.63, 3.8) is 0 Å². The lowest BCUT2D eigenvalue weighted by Gasteiger charge is -2.22. The normalized spacial score (nSPS) is 12.1. The average Bonchev–Trinajstić information content (AvgIpc) is 2.30. The molecule has 98 valence electrons. The summed E-state index contributed by atoms with van der Waals surface area (Å²) in [4.78, 5) is 24.2. The summed E-state index contributed by atoms with van der Waals surface area (Å²) in [6.07, 6.45) is 0. The van der Waals surface area contributed by atoms with Gasteiger partial charge in [0.05, 0.1) is 0 Å². The van der Waals surface area contributed by atoms with Gasteiger partial charge in [0.15, 0.2) is 0 Å². The average molecular weight is 249 g/mol. The number of benzene rings is 1. The molecule has 1 unspecified atom stereocenters. The van der Waals surface area contributed by atoms with Gasteiger partial charge in [0, 0.05) is 12.7 Å². The van der Waals surface area contributed by atoms with Gasteiger partial charge in [-0.2, -0.15) is 0 Å². The Morgan fingerprint density at radius 1 is 1.11 bits per heavy atom. The number of anilines is 1. The van der Waals surface area contributed by atoms with Crippen molar-refractivity contribution in [2.45, 2.75) is 27.7 Å². The minimum absolute atomic E-state index is 0.408. The molecular formula is C14H19NO3. The van der Waals surface area contributed by atoms with Crippen molar-refractivity contribution in [1.82, 2.24) is 0 Å². The van der Waals surface area contributed by atoms with Crippen molar-refractivity contribution in [3.05, 3.63) is 28.8 Å². The van der Waals surface area contributed by atoms with Gasteiger partial charge < -0.3 is 10.0 Å². The molecule has 1 atom stereocenters. The maximum atomic E-state index is 12.0. The van der Waals surface area contributed by atoms with E-state index in [1.807, 2.05) is 32.9 Å². The molecular weight excluding hydrogens is 230 g/mol. The van der Waals surface area contributed by atoms with E-state index in [9.17, 15) is 9.59 Å². The van der Waals surface area contributed by atoms with Crippen molar-refractivity contribution < 1.29 is 14.7 Å². The van der Waals surface area contributed by atoms with Gasteiger partial charge in [-0.05, 0) is 50.5 Å². The van der Waals surface area contributed by atoms with Crippen molar-refractivity contribution in [2.24, 2.45) is 5.92 Å². The van der Waals surface area contributed by atoms with Crippen LogP contribution >= 0.6 is 0 Å². The molecule has 4 heteroatoms. The number of carbonyl (C=O) groups excluding carboxylic acids is 1. The van der Waals surface area contributed by atoms with Gasteiger partial charge in [-0.15, -0.1) is 0 Å². The molecule has 0 bridgehead atoms. The van der Waals surface area contributed by atoms with Crippen molar-refractivity contribution in [3.8, 4) is 0 Å². The summed E-state index contributed by atoms with van der Waals surface area (Å²) in [5, 5.41) is 8.87. The number of hydrogen-bond acceptors (Lipinski definition) is 2. The number of carboxylic acids is 1. The van der Waals surface area contributed by atoms with E-state index >= 15 is 0 Å². The number of hydrogen-bond donors (Lipinski definition) is 1. The number of nitrogens with zero attached hydrogens (tertiary/aromatic N) is 1. The second-order valence-electron chi connectivity index (χ2n) is 4.68. The van der Waals surface area contributed by atoms with E-state index in [4.69, 9.17) is 5.11 Å².